The topological polar surface area (TPSA) is 58.0 Å². The van der Waals surface area contributed by atoms with Gasteiger partial charge in [-0.05, 0) is 17.9 Å². The van der Waals surface area contributed by atoms with E-state index in [1.807, 2.05) is 12.3 Å². The Bertz CT molecular complexity index is 517. The van der Waals surface area contributed by atoms with Crippen LogP contribution in [0.4, 0.5) is 14.6 Å². The Balaban J connectivity index is 2.19. The van der Waals surface area contributed by atoms with Crippen LogP contribution in [-0.4, -0.2) is 34.1 Å². The molecular formula is C10H11F2N3OS. The Morgan fingerprint density at radius 1 is 1.47 bits per heavy atom. The van der Waals surface area contributed by atoms with Crippen LogP contribution < -0.4 is 5.32 Å². The number of hydrogen-bond donors (Lipinski definition) is 2. The number of halogens is 2. The second-order valence-corrected chi connectivity index (χ2v) is 4.48. The van der Waals surface area contributed by atoms with Crippen LogP contribution in [0.3, 0.4) is 0 Å². The lowest BCUT2D eigenvalue weighted by atomic mass is 10.3. The molecule has 1 unspecified atom stereocenters. The molecule has 2 rings (SSSR count). The number of nitrogens with zero attached hydrogens (tertiary/aromatic N) is 2. The minimum atomic E-state index is -2.76. The molecule has 0 aromatic carbocycles. The highest BCUT2D eigenvalue weighted by molar-refractivity contribution is 7.18. The molecule has 17 heavy (non-hydrogen) atoms. The number of fused-ring (bicyclic) bond motifs is 1. The van der Waals surface area contributed by atoms with Gasteiger partial charge in [-0.3, -0.25) is 0 Å². The number of nitrogens with one attached hydrogen (secondary N) is 1. The van der Waals surface area contributed by atoms with E-state index in [-0.39, 0.29) is 6.54 Å². The zero-order valence-electron chi connectivity index (χ0n) is 9.02. The monoisotopic (exact) mass is 259 g/mol. The highest BCUT2D eigenvalue weighted by Crippen LogP contribution is 2.28. The number of aromatic nitrogens is 2. The van der Waals surface area contributed by atoms with Crippen molar-refractivity contribution in [3.63, 3.8) is 0 Å². The van der Waals surface area contributed by atoms with Crippen LogP contribution in [0.2, 0.25) is 0 Å². The standard InChI is InChI=1S/C10H11F2N3OS/c1-5-3-17-8-7(5)14-4-15-10(8)13-2-6(16)9(11)12/h3-4,6,9,16H,2H2,1H3,(H,13,14,15). The predicted octanol–water partition coefficient (Wildman–Crippen LogP) is 2.04. The van der Waals surface area contributed by atoms with Gasteiger partial charge < -0.3 is 10.4 Å². The van der Waals surface area contributed by atoms with E-state index in [0.717, 1.165) is 15.8 Å². The van der Waals surface area contributed by atoms with Gasteiger partial charge in [0.2, 0.25) is 0 Å². The van der Waals surface area contributed by atoms with E-state index in [9.17, 15) is 8.78 Å². The first-order valence-corrected chi connectivity index (χ1v) is 5.86. The van der Waals surface area contributed by atoms with Crippen LogP contribution in [-0.2, 0) is 0 Å². The van der Waals surface area contributed by atoms with Crippen molar-refractivity contribution in [1.29, 1.82) is 0 Å². The van der Waals surface area contributed by atoms with Crippen LogP contribution in [0.15, 0.2) is 11.7 Å². The van der Waals surface area contributed by atoms with Crippen molar-refractivity contribution >= 4 is 27.4 Å². The quantitative estimate of drug-likeness (QED) is 0.882. The van der Waals surface area contributed by atoms with Crippen LogP contribution in [0.1, 0.15) is 5.56 Å². The maximum atomic E-state index is 12.1. The lowest BCUT2D eigenvalue weighted by Gasteiger charge is -2.11. The molecule has 92 valence electrons. The zero-order valence-corrected chi connectivity index (χ0v) is 9.84. The molecule has 4 nitrogen and oxygen atoms in total. The number of alkyl halides is 2. The summed E-state index contributed by atoms with van der Waals surface area (Å²) in [6.45, 7) is 1.68. The number of rotatable bonds is 4. The van der Waals surface area contributed by atoms with Crippen molar-refractivity contribution in [2.24, 2.45) is 0 Å². The van der Waals surface area contributed by atoms with Gasteiger partial charge in [-0.15, -0.1) is 11.3 Å². The highest BCUT2D eigenvalue weighted by Gasteiger charge is 2.17. The van der Waals surface area contributed by atoms with Crippen molar-refractivity contribution in [1.82, 2.24) is 9.97 Å². The molecule has 2 N–H and O–H groups in total. The molecule has 7 heteroatoms. The number of hydrogen-bond acceptors (Lipinski definition) is 5. The minimum absolute atomic E-state index is 0.235. The molecule has 0 radical (unpaired) electrons. The molecule has 0 bridgehead atoms. The Hall–Kier alpha value is -1.34. The third-order valence-electron chi connectivity index (χ3n) is 2.30. The maximum Gasteiger partial charge on any atom is 0.265 e. The van der Waals surface area contributed by atoms with Crippen molar-refractivity contribution in [3.05, 3.63) is 17.3 Å². The van der Waals surface area contributed by atoms with Gasteiger partial charge in [0.25, 0.3) is 6.43 Å². The fourth-order valence-electron chi connectivity index (χ4n) is 1.39. The molecule has 0 fully saturated rings. The molecule has 2 heterocycles. The zero-order chi connectivity index (χ0) is 12.4. The van der Waals surface area contributed by atoms with E-state index in [2.05, 4.69) is 15.3 Å². The molecule has 0 amide bonds. The summed E-state index contributed by atoms with van der Waals surface area (Å²) in [4.78, 5) is 8.10. The molecule has 0 aliphatic rings. The van der Waals surface area contributed by atoms with Gasteiger partial charge in [0.1, 0.15) is 18.2 Å². The van der Waals surface area contributed by atoms with E-state index in [0.29, 0.717) is 5.82 Å². The molecular weight excluding hydrogens is 248 g/mol. The molecule has 2 aromatic heterocycles. The van der Waals surface area contributed by atoms with E-state index >= 15 is 0 Å². The summed E-state index contributed by atoms with van der Waals surface area (Å²) >= 11 is 1.44. The first-order valence-electron chi connectivity index (χ1n) is 4.98. The summed E-state index contributed by atoms with van der Waals surface area (Å²) in [5.41, 5.74) is 1.82. The van der Waals surface area contributed by atoms with Gasteiger partial charge >= 0.3 is 0 Å². The third-order valence-corrected chi connectivity index (χ3v) is 3.39. The van der Waals surface area contributed by atoms with Crippen LogP contribution >= 0.6 is 11.3 Å². The maximum absolute atomic E-state index is 12.1. The molecule has 0 saturated heterocycles. The van der Waals surface area contributed by atoms with Gasteiger partial charge in [0, 0.05) is 6.54 Å². The Labute approximate surface area is 100 Å². The smallest absolute Gasteiger partial charge is 0.265 e. The van der Waals surface area contributed by atoms with E-state index in [4.69, 9.17) is 5.11 Å². The molecule has 0 spiro atoms. The van der Waals surface area contributed by atoms with Crippen molar-refractivity contribution in [2.75, 3.05) is 11.9 Å². The molecule has 0 saturated carbocycles. The van der Waals surface area contributed by atoms with E-state index in [1.54, 1.807) is 0 Å². The van der Waals surface area contributed by atoms with Crippen molar-refractivity contribution < 1.29 is 13.9 Å². The van der Waals surface area contributed by atoms with Crippen LogP contribution in [0.5, 0.6) is 0 Å². The highest BCUT2D eigenvalue weighted by atomic mass is 32.1. The van der Waals surface area contributed by atoms with Gasteiger partial charge in [-0.1, -0.05) is 0 Å². The van der Waals surface area contributed by atoms with E-state index < -0.39 is 12.5 Å². The molecule has 1 atom stereocenters. The third kappa shape index (κ3) is 2.50. The second-order valence-electron chi connectivity index (χ2n) is 3.60. The summed E-state index contributed by atoms with van der Waals surface area (Å²) in [7, 11) is 0. The first kappa shape index (κ1) is 12.1. The predicted molar refractivity (Wildman–Crippen MR) is 62.7 cm³/mol. The van der Waals surface area contributed by atoms with E-state index in [1.165, 1.54) is 17.7 Å². The van der Waals surface area contributed by atoms with Gasteiger partial charge in [0.15, 0.2) is 0 Å². The van der Waals surface area contributed by atoms with Crippen molar-refractivity contribution in [2.45, 2.75) is 19.5 Å². The summed E-state index contributed by atoms with van der Waals surface area (Å²) in [5, 5.41) is 13.6. The molecule has 2 aromatic rings. The Morgan fingerprint density at radius 2 is 2.24 bits per heavy atom. The largest absolute Gasteiger partial charge is 0.385 e. The van der Waals surface area contributed by atoms with Crippen molar-refractivity contribution in [3.8, 4) is 0 Å². The number of aliphatic hydroxyl groups excluding tert-OH is 1. The van der Waals surface area contributed by atoms with Gasteiger partial charge in [-0.25, -0.2) is 18.7 Å². The first-order chi connectivity index (χ1) is 8.09. The average Bonchev–Trinajstić information content (AvgIpc) is 2.69. The summed E-state index contributed by atoms with van der Waals surface area (Å²) < 4.78 is 25.1. The number of aryl methyl sites for hydroxylation is 1. The average molecular weight is 259 g/mol. The van der Waals surface area contributed by atoms with Crippen LogP contribution in [0.25, 0.3) is 10.2 Å². The van der Waals surface area contributed by atoms with Gasteiger partial charge in [-0.2, -0.15) is 0 Å². The summed E-state index contributed by atoms with van der Waals surface area (Å²) in [5.74, 6) is 0.479. The lowest BCUT2D eigenvalue weighted by molar-refractivity contribution is 0.00382. The van der Waals surface area contributed by atoms with Crippen LogP contribution in [0, 0.1) is 6.92 Å². The second kappa shape index (κ2) is 4.89. The Kier molecular flexibility index (Phi) is 3.49. The summed E-state index contributed by atoms with van der Waals surface area (Å²) in [6.07, 6.45) is -3.08. The minimum Gasteiger partial charge on any atom is -0.385 e. The SMILES string of the molecule is Cc1csc2c(NCC(O)C(F)F)ncnc12. The number of aliphatic hydroxyl groups is 1. The molecule has 0 aliphatic heterocycles. The fourth-order valence-corrected chi connectivity index (χ4v) is 2.35. The fraction of sp³-hybridized carbons (Fsp3) is 0.400. The Morgan fingerprint density at radius 3 is 2.94 bits per heavy atom. The molecule has 0 aliphatic carbocycles. The van der Waals surface area contributed by atoms with Gasteiger partial charge in [0.05, 0.1) is 10.2 Å². The number of anilines is 1. The summed E-state index contributed by atoms with van der Waals surface area (Å²) in [6, 6.07) is 0. The number of thiophene rings is 1. The lowest BCUT2D eigenvalue weighted by Crippen LogP contribution is -2.27. The normalized spacial score (nSPS) is 13.2.